The lowest BCUT2D eigenvalue weighted by molar-refractivity contribution is 0.207. The summed E-state index contributed by atoms with van der Waals surface area (Å²) in [5.41, 5.74) is 1.07. The minimum atomic E-state index is -0.879. The zero-order chi connectivity index (χ0) is 12.3. The quantitative estimate of drug-likeness (QED) is 0.908. The summed E-state index contributed by atoms with van der Waals surface area (Å²) in [4.78, 5) is 8.07. The zero-order valence-corrected chi connectivity index (χ0v) is 9.93. The first kappa shape index (κ1) is 11.8. The van der Waals surface area contributed by atoms with Crippen LogP contribution in [0.5, 0.6) is 5.88 Å². The molecule has 88 valence electrons. The third kappa shape index (κ3) is 2.54. The average Bonchev–Trinajstić information content (AvgIpc) is 2.39. The predicted molar refractivity (Wildman–Crippen MR) is 64.1 cm³/mol. The van der Waals surface area contributed by atoms with Crippen molar-refractivity contribution in [3.8, 4) is 5.88 Å². The number of hydrogen-bond acceptors (Lipinski definition) is 4. The Morgan fingerprint density at radius 1 is 1.18 bits per heavy atom. The number of aliphatic hydroxyl groups is 1. The van der Waals surface area contributed by atoms with Gasteiger partial charge in [0.05, 0.1) is 7.11 Å². The Morgan fingerprint density at radius 2 is 1.82 bits per heavy atom. The molecular weight excluding hydrogens is 240 g/mol. The molecule has 0 saturated heterocycles. The lowest BCUT2D eigenvalue weighted by atomic mass is 10.1. The largest absolute Gasteiger partial charge is 0.480 e. The van der Waals surface area contributed by atoms with Crippen LogP contribution in [0.2, 0.25) is 5.02 Å². The lowest BCUT2D eigenvalue weighted by Crippen LogP contribution is -2.06. The van der Waals surface area contributed by atoms with E-state index in [0.29, 0.717) is 22.2 Å². The highest BCUT2D eigenvalue weighted by Gasteiger charge is 2.17. The number of halogens is 1. The van der Waals surface area contributed by atoms with E-state index < -0.39 is 6.10 Å². The van der Waals surface area contributed by atoms with E-state index in [-0.39, 0.29) is 0 Å². The molecule has 1 heterocycles. The first-order valence-electron chi connectivity index (χ1n) is 5.01. The third-order valence-corrected chi connectivity index (χ3v) is 2.58. The Labute approximate surface area is 104 Å². The van der Waals surface area contributed by atoms with Crippen LogP contribution in [0.4, 0.5) is 0 Å². The normalized spacial score (nSPS) is 12.2. The van der Waals surface area contributed by atoms with Crippen molar-refractivity contribution < 1.29 is 9.84 Å². The number of benzene rings is 1. The van der Waals surface area contributed by atoms with Crippen molar-refractivity contribution in [2.75, 3.05) is 7.11 Å². The molecule has 0 amide bonds. The van der Waals surface area contributed by atoms with Crippen LogP contribution in [0.25, 0.3) is 0 Å². The van der Waals surface area contributed by atoms with Crippen molar-refractivity contribution >= 4 is 11.6 Å². The molecule has 2 rings (SSSR count). The highest BCUT2D eigenvalue weighted by molar-refractivity contribution is 6.30. The standard InChI is InChI=1S/C12H11ClN2O2/c1-17-12-10(14-6-7-15-12)11(16)8-2-4-9(13)5-3-8/h2-7,11,16H,1H3. The van der Waals surface area contributed by atoms with Crippen molar-refractivity contribution in [2.45, 2.75) is 6.10 Å². The first-order chi connectivity index (χ1) is 8.22. The molecule has 0 radical (unpaired) electrons. The molecule has 0 aliphatic rings. The van der Waals surface area contributed by atoms with E-state index in [2.05, 4.69) is 9.97 Å². The van der Waals surface area contributed by atoms with Crippen LogP contribution in [-0.2, 0) is 0 Å². The van der Waals surface area contributed by atoms with Gasteiger partial charge in [-0.2, -0.15) is 0 Å². The number of nitrogens with zero attached hydrogens (tertiary/aromatic N) is 2. The van der Waals surface area contributed by atoms with Gasteiger partial charge in [-0.1, -0.05) is 23.7 Å². The van der Waals surface area contributed by atoms with E-state index in [1.807, 2.05) is 0 Å². The van der Waals surface area contributed by atoms with Gasteiger partial charge >= 0.3 is 0 Å². The molecule has 0 spiro atoms. The smallest absolute Gasteiger partial charge is 0.238 e. The van der Waals surface area contributed by atoms with Gasteiger partial charge in [0, 0.05) is 17.4 Å². The molecule has 4 nitrogen and oxygen atoms in total. The molecule has 2 aromatic rings. The SMILES string of the molecule is COc1nccnc1C(O)c1ccc(Cl)cc1. The Hall–Kier alpha value is -1.65. The first-order valence-corrected chi connectivity index (χ1v) is 5.38. The Morgan fingerprint density at radius 3 is 2.47 bits per heavy atom. The van der Waals surface area contributed by atoms with E-state index in [4.69, 9.17) is 16.3 Å². The Kier molecular flexibility index (Phi) is 3.56. The van der Waals surface area contributed by atoms with Crippen LogP contribution in [0.1, 0.15) is 17.4 Å². The van der Waals surface area contributed by atoms with Gasteiger partial charge in [-0.3, -0.25) is 4.98 Å². The van der Waals surface area contributed by atoms with E-state index in [9.17, 15) is 5.11 Å². The fourth-order valence-corrected chi connectivity index (χ4v) is 1.61. The number of methoxy groups -OCH3 is 1. The van der Waals surface area contributed by atoms with Crippen LogP contribution in [0.15, 0.2) is 36.7 Å². The summed E-state index contributed by atoms with van der Waals surface area (Å²) < 4.78 is 5.05. The van der Waals surface area contributed by atoms with E-state index >= 15 is 0 Å². The molecule has 1 aromatic carbocycles. The second-order valence-corrected chi connectivity index (χ2v) is 3.84. The fourth-order valence-electron chi connectivity index (χ4n) is 1.48. The highest BCUT2D eigenvalue weighted by Crippen LogP contribution is 2.26. The van der Waals surface area contributed by atoms with Crippen LogP contribution in [0, 0.1) is 0 Å². The molecule has 5 heteroatoms. The van der Waals surface area contributed by atoms with Gasteiger partial charge < -0.3 is 9.84 Å². The topological polar surface area (TPSA) is 55.2 Å². The van der Waals surface area contributed by atoms with E-state index in [0.717, 1.165) is 0 Å². The van der Waals surface area contributed by atoms with E-state index in [1.165, 1.54) is 19.5 Å². The number of ether oxygens (including phenoxy) is 1. The van der Waals surface area contributed by atoms with Gasteiger partial charge in [0.25, 0.3) is 0 Å². The highest BCUT2D eigenvalue weighted by atomic mass is 35.5. The number of aromatic nitrogens is 2. The third-order valence-electron chi connectivity index (χ3n) is 2.33. The van der Waals surface area contributed by atoms with Crippen molar-refractivity contribution in [3.05, 3.63) is 52.9 Å². The molecule has 0 aliphatic carbocycles. The van der Waals surface area contributed by atoms with E-state index in [1.54, 1.807) is 24.3 Å². The van der Waals surface area contributed by atoms with Crippen LogP contribution >= 0.6 is 11.6 Å². The number of aliphatic hydroxyl groups excluding tert-OH is 1. The summed E-state index contributed by atoms with van der Waals surface area (Å²) in [7, 11) is 1.49. The summed E-state index contributed by atoms with van der Waals surface area (Å²) in [6.07, 6.45) is 2.14. The summed E-state index contributed by atoms with van der Waals surface area (Å²) >= 11 is 5.79. The molecule has 17 heavy (non-hydrogen) atoms. The van der Waals surface area contributed by atoms with Gasteiger partial charge in [0.15, 0.2) is 0 Å². The summed E-state index contributed by atoms with van der Waals surface area (Å²) in [6, 6.07) is 6.90. The zero-order valence-electron chi connectivity index (χ0n) is 9.17. The van der Waals surface area contributed by atoms with Crippen molar-refractivity contribution in [3.63, 3.8) is 0 Å². The fraction of sp³-hybridized carbons (Fsp3) is 0.167. The molecule has 1 N–H and O–H groups in total. The second-order valence-electron chi connectivity index (χ2n) is 3.40. The minimum absolute atomic E-state index is 0.315. The van der Waals surface area contributed by atoms with Crippen LogP contribution in [-0.4, -0.2) is 22.2 Å². The molecule has 1 unspecified atom stereocenters. The van der Waals surface area contributed by atoms with Crippen molar-refractivity contribution in [1.29, 1.82) is 0 Å². The molecule has 0 aliphatic heterocycles. The van der Waals surface area contributed by atoms with Gasteiger partial charge in [0.2, 0.25) is 5.88 Å². The van der Waals surface area contributed by atoms with Gasteiger partial charge in [0.1, 0.15) is 11.8 Å². The molecule has 0 fully saturated rings. The maximum Gasteiger partial charge on any atom is 0.238 e. The summed E-state index contributed by atoms with van der Waals surface area (Å²) in [6.45, 7) is 0. The average molecular weight is 251 g/mol. The van der Waals surface area contributed by atoms with Crippen LogP contribution in [0.3, 0.4) is 0 Å². The Balaban J connectivity index is 2.36. The maximum absolute atomic E-state index is 10.2. The summed E-state index contributed by atoms with van der Waals surface area (Å²) in [5.74, 6) is 0.315. The molecular formula is C12H11ClN2O2. The molecule has 1 atom stereocenters. The maximum atomic E-state index is 10.2. The minimum Gasteiger partial charge on any atom is -0.480 e. The molecule has 0 bridgehead atoms. The van der Waals surface area contributed by atoms with Gasteiger partial charge in [-0.15, -0.1) is 0 Å². The summed E-state index contributed by atoms with van der Waals surface area (Å²) in [5, 5.41) is 10.8. The van der Waals surface area contributed by atoms with Crippen molar-refractivity contribution in [1.82, 2.24) is 9.97 Å². The van der Waals surface area contributed by atoms with Crippen molar-refractivity contribution in [2.24, 2.45) is 0 Å². The Bertz CT molecular complexity index is 502. The molecule has 1 aromatic heterocycles. The number of rotatable bonds is 3. The van der Waals surface area contributed by atoms with Gasteiger partial charge in [-0.05, 0) is 17.7 Å². The monoisotopic (exact) mass is 250 g/mol. The second kappa shape index (κ2) is 5.12. The van der Waals surface area contributed by atoms with Crippen LogP contribution < -0.4 is 4.74 Å². The lowest BCUT2D eigenvalue weighted by Gasteiger charge is -2.12. The van der Waals surface area contributed by atoms with Gasteiger partial charge in [-0.25, -0.2) is 4.98 Å². The molecule has 0 saturated carbocycles. The number of hydrogen-bond donors (Lipinski definition) is 1. The predicted octanol–water partition coefficient (Wildman–Crippen LogP) is 2.22.